The second-order valence-corrected chi connectivity index (χ2v) is 6.06. The van der Waals surface area contributed by atoms with Gasteiger partial charge in [0.25, 0.3) is 5.69 Å². The average molecular weight is 315 g/mol. The topological polar surface area (TPSA) is 66.9 Å². The highest BCUT2D eigenvalue weighted by Crippen LogP contribution is 2.19. The monoisotopic (exact) mass is 315 g/mol. The van der Waals surface area contributed by atoms with Crippen LogP contribution in [0.4, 0.5) is 5.69 Å². The Hall–Kier alpha value is -1.89. The minimum absolute atomic E-state index is 0.131. The van der Waals surface area contributed by atoms with Crippen molar-refractivity contribution in [3.8, 4) is 6.07 Å². The van der Waals surface area contributed by atoms with Crippen LogP contribution < -0.4 is 0 Å². The second-order valence-electron chi connectivity index (χ2n) is 6.06. The molecule has 0 aliphatic heterocycles. The van der Waals surface area contributed by atoms with Crippen LogP contribution in [-0.2, 0) is 6.42 Å². The van der Waals surface area contributed by atoms with E-state index in [1.54, 1.807) is 6.07 Å². The minimum Gasteiger partial charge on any atom is -0.258 e. The number of unbranched alkanes of at least 4 members (excludes halogenated alkanes) is 9. The van der Waals surface area contributed by atoms with Crippen molar-refractivity contribution in [3.63, 3.8) is 0 Å². The summed E-state index contributed by atoms with van der Waals surface area (Å²) in [4.78, 5) is 10.2. The molecule has 0 fully saturated rings. The third-order valence-corrected chi connectivity index (χ3v) is 4.14. The third-order valence-electron chi connectivity index (χ3n) is 4.14. The lowest BCUT2D eigenvalue weighted by atomic mass is 10.00. The van der Waals surface area contributed by atoms with Gasteiger partial charge in [-0.2, -0.15) is 5.26 Å². The molecule has 1 radical (unpaired) electrons. The van der Waals surface area contributed by atoms with Crippen molar-refractivity contribution in [2.45, 2.75) is 77.6 Å². The third kappa shape index (κ3) is 7.78. The molecule has 23 heavy (non-hydrogen) atoms. The molecule has 4 nitrogen and oxygen atoms in total. The maximum atomic E-state index is 10.7. The molecule has 0 saturated carbocycles. The summed E-state index contributed by atoms with van der Waals surface area (Å²) in [7, 11) is 0. The highest BCUT2D eigenvalue weighted by atomic mass is 16.6. The van der Waals surface area contributed by atoms with Crippen molar-refractivity contribution in [1.29, 1.82) is 5.26 Å². The lowest BCUT2D eigenvalue weighted by molar-refractivity contribution is -0.385. The van der Waals surface area contributed by atoms with Gasteiger partial charge in [-0.3, -0.25) is 10.1 Å². The van der Waals surface area contributed by atoms with Gasteiger partial charge in [-0.05, 0) is 24.5 Å². The number of nitro benzene ring substituents is 1. The molecule has 1 aromatic carbocycles. The molecule has 0 aliphatic carbocycles. The quantitative estimate of drug-likeness (QED) is 0.281. The second kappa shape index (κ2) is 11.6. The highest BCUT2D eigenvalue weighted by Gasteiger charge is 2.10. The maximum absolute atomic E-state index is 10.7. The van der Waals surface area contributed by atoms with Crippen molar-refractivity contribution in [3.05, 3.63) is 39.4 Å². The SMILES string of the molecule is CCCCCCCCCCCCc1c[c]c([N+](=O)[O-])cc1C#N. The Balaban J connectivity index is 2.19. The van der Waals surface area contributed by atoms with E-state index in [0.717, 1.165) is 24.8 Å². The summed E-state index contributed by atoms with van der Waals surface area (Å²) in [6.45, 7) is 2.24. The maximum Gasteiger partial charge on any atom is 0.278 e. The molecule has 0 saturated heterocycles. The molecule has 125 valence electrons. The van der Waals surface area contributed by atoms with Crippen molar-refractivity contribution >= 4 is 5.69 Å². The molecule has 0 spiro atoms. The van der Waals surface area contributed by atoms with E-state index in [-0.39, 0.29) is 5.69 Å². The Kier molecular flexibility index (Phi) is 9.70. The van der Waals surface area contributed by atoms with Crippen molar-refractivity contribution in [2.24, 2.45) is 0 Å². The van der Waals surface area contributed by atoms with Gasteiger partial charge in [-0.25, -0.2) is 0 Å². The molecule has 0 aliphatic rings. The smallest absolute Gasteiger partial charge is 0.258 e. The van der Waals surface area contributed by atoms with Gasteiger partial charge in [0.2, 0.25) is 0 Å². The fourth-order valence-corrected chi connectivity index (χ4v) is 2.73. The molecule has 0 atom stereocenters. The number of nitrogens with zero attached hydrogens (tertiary/aromatic N) is 2. The van der Waals surface area contributed by atoms with E-state index in [4.69, 9.17) is 5.26 Å². The molecule has 0 heterocycles. The number of aryl methyl sites for hydroxylation is 1. The standard InChI is InChI=1S/C19H27N2O2/c1-2-3-4-5-6-7-8-9-10-11-12-17-13-14-19(21(22)23)15-18(17)16-20/h13,15H,2-12H2,1H3. The molecular formula is C19H27N2O2. The van der Waals surface area contributed by atoms with Gasteiger partial charge < -0.3 is 0 Å². The molecule has 4 heteroatoms. The number of benzene rings is 1. The highest BCUT2D eigenvalue weighted by molar-refractivity contribution is 5.45. The fourth-order valence-electron chi connectivity index (χ4n) is 2.73. The van der Waals surface area contributed by atoms with E-state index < -0.39 is 4.92 Å². The fraction of sp³-hybridized carbons (Fsp3) is 0.632. The van der Waals surface area contributed by atoms with Crippen LogP contribution in [0.5, 0.6) is 0 Å². The van der Waals surface area contributed by atoms with Crippen LogP contribution in [0.2, 0.25) is 0 Å². The van der Waals surface area contributed by atoms with Crippen LogP contribution in [0.3, 0.4) is 0 Å². The van der Waals surface area contributed by atoms with E-state index in [0.29, 0.717) is 5.56 Å². The molecule has 0 bridgehead atoms. The Morgan fingerprint density at radius 1 is 1.09 bits per heavy atom. The van der Waals surface area contributed by atoms with Gasteiger partial charge >= 0.3 is 0 Å². The first kappa shape index (κ1) is 19.2. The summed E-state index contributed by atoms with van der Waals surface area (Å²) in [5.41, 5.74) is 1.15. The lowest BCUT2D eigenvalue weighted by Crippen LogP contribution is -1.95. The number of nitriles is 1. The van der Waals surface area contributed by atoms with Gasteiger partial charge in [0, 0.05) is 6.07 Å². The Labute approximate surface area is 139 Å². The predicted octanol–water partition coefficient (Wildman–Crippen LogP) is 5.73. The van der Waals surface area contributed by atoms with Crippen molar-refractivity contribution < 1.29 is 4.92 Å². The van der Waals surface area contributed by atoms with Gasteiger partial charge in [-0.1, -0.05) is 64.7 Å². The minimum atomic E-state index is -0.509. The normalized spacial score (nSPS) is 10.4. The zero-order valence-corrected chi connectivity index (χ0v) is 14.1. The number of hydrogen-bond acceptors (Lipinski definition) is 3. The van der Waals surface area contributed by atoms with E-state index in [9.17, 15) is 10.1 Å². The lowest BCUT2D eigenvalue weighted by Gasteiger charge is -2.04. The number of hydrogen-bond donors (Lipinski definition) is 0. The Morgan fingerprint density at radius 2 is 1.65 bits per heavy atom. The summed E-state index contributed by atoms with van der Waals surface area (Å²) < 4.78 is 0. The molecule has 0 unspecified atom stereocenters. The van der Waals surface area contributed by atoms with E-state index in [1.165, 1.54) is 57.4 Å². The first-order valence-corrected chi connectivity index (χ1v) is 8.78. The molecule has 0 aromatic heterocycles. The molecule has 1 aromatic rings. The Bertz CT molecular complexity index is 521. The van der Waals surface area contributed by atoms with Gasteiger partial charge in [0.15, 0.2) is 0 Å². The van der Waals surface area contributed by atoms with Crippen LogP contribution in [0.25, 0.3) is 0 Å². The van der Waals surface area contributed by atoms with Gasteiger partial charge in [0.1, 0.15) is 0 Å². The average Bonchev–Trinajstić information content (AvgIpc) is 2.56. The molecular weight excluding hydrogens is 288 g/mol. The largest absolute Gasteiger partial charge is 0.278 e. The summed E-state index contributed by atoms with van der Waals surface area (Å²) in [5, 5.41) is 19.8. The van der Waals surface area contributed by atoms with Crippen LogP contribution in [-0.4, -0.2) is 4.92 Å². The number of nitro groups is 1. The van der Waals surface area contributed by atoms with Crippen LogP contribution >= 0.6 is 0 Å². The molecule has 0 amide bonds. The molecule has 0 N–H and O–H groups in total. The van der Waals surface area contributed by atoms with Crippen LogP contribution in [0.15, 0.2) is 12.1 Å². The zero-order valence-electron chi connectivity index (χ0n) is 14.1. The number of rotatable bonds is 12. The van der Waals surface area contributed by atoms with E-state index >= 15 is 0 Å². The van der Waals surface area contributed by atoms with E-state index in [2.05, 4.69) is 19.1 Å². The first-order chi connectivity index (χ1) is 11.2. The van der Waals surface area contributed by atoms with Gasteiger partial charge in [-0.15, -0.1) is 0 Å². The van der Waals surface area contributed by atoms with Crippen LogP contribution in [0, 0.1) is 27.5 Å². The summed E-state index contributed by atoms with van der Waals surface area (Å²) in [6, 6.07) is 7.63. The zero-order chi connectivity index (χ0) is 16.9. The Morgan fingerprint density at radius 3 is 2.17 bits per heavy atom. The summed E-state index contributed by atoms with van der Waals surface area (Å²) >= 11 is 0. The van der Waals surface area contributed by atoms with Gasteiger partial charge in [0.05, 0.1) is 22.6 Å². The predicted molar refractivity (Wildman–Crippen MR) is 92.2 cm³/mol. The molecule has 1 rings (SSSR count). The number of non-ortho nitro benzene ring substituents is 1. The summed E-state index contributed by atoms with van der Waals surface area (Å²) in [6.07, 6.45) is 13.5. The van der Waals surface area contributed by atoms with Crippen molar-refractivity contribution in [2.75, 3.05) is 0 Å². The summed E-state index contributed by atoms with van der Waals surface area (Å²) in [5.74, 6) is 0. The van der Waals surface area contributed by atoms with E-state index in [1.807, 2.05) is 0 Å². The van der Waals surface area contributed by atoms with Crippen molar-refractivity contribution in [1.82, 2.24) is 0 Å². The van der Waals surface area contributed by atoms with Crippen LogP contribution in [0.1, 0.15) is 82.3 Å². The first-order valence-electron chi connectivity index (χ1n) is 8.78.